The Kier molecular flexibility index (Phi) is 5.22. The number of likely N-dealkylation sites (N-methyl/N-ethyl adjacent to an activating group) is 1. The summed E-state index contributed by atoms with van der Waals surface area (Å²) in [4.78, 5) is 38.2. The molecule has 146 valence electrons. The minimum absolute atomic E-state index is 0.00139. The molecule has 2 heterocycles. The molecule has 0 spiro atoms. The highest BCUT2D eigenvalue weighted by Gasteiger charge is 2.47. The number of nitrogens with one attached hydrogen (secondary N) is 2. The Morgan fingerprint density at radius 2 is 2.07 bits per heavy atom. The molecule has 2 aliphatic heterocycles. The first-order valence-corrected chi connectivity index (χ1v) is 8.85. The number of hydrogen-bond donors (Lipinski definition) is 2. The van der Waals surface area contributed by atoms with Crippen LogP contribution in [0.5, 0.6) is 11.5 Å². The largest absolute Gasteiger partial charge is 0.486 e. The summed E-state index contributed by atoms with van der Waals surface area (Å²) in [7, 11) is 1.76. The van der Waals surface area contributed by atoms with Gasteiger partial charge in [-0.05, 0) is 32.5 Å². The van der Waals surface area contributed by atoms with Crippen molar-refractivity contribution in [1.82, 2.24) is 20.7 Å². The third kappa shape index (κ3) is 3.97. The first-order chi connectivity index (χ1) is 12.8. The maximum Gasteiger partial charge on any atom is 0.344 e. The van der Waals surface area contributed by atoms with Crippen molar-refractivity contribution in [1.29, 1.82) is 0 Å². The fraction of sp³-hybridized carbons (Fsp3) is 0.500. The summed E-state index contributed by atoms with van der Waals surface area (Å²) in [6.07, 6.45) is 0.211. The molecule has 0 radical (unpaired) electrons. The molecule has 9 nitrogen and oxygen atoms in total. The smallest absolute Gasteiger partial charge is 0.344 e. The lowest BCUT2D eigenvalue weighted by molar-refractivity contribution is -0.139. The molecule has 1 saturated heterocycles. The van der Waals surface area contributed by atoms with Crippen LogP contribution >= 0.6 is 0 Å². The first-order valence-electron chi connectivity index (χ1n) is 8.85. The van der Waals surface area contributed by atoms with Gasteiger partial charge in [0.1, 0.15) is 18.2 Å². The maximum atomic E-state index is 12.3. The van der Waals surface area contributed by atoms with E-state index in [1.54, 1.807) is 25.8 Å². The average Bonchev–Trinajstić information content (AvgIpc) is 2.85. The van der Waals surface area contributed by atoms with E-state index in [4.69, 9.17) is 9.47 Å². The number of ether oxygens (including phenoxy) is 2. The second-order valence-corrected chi connectivity index (χ2v) is 6.99. The van der Waals surface area contributed by atoms with E-state index in [9.17, 15) is 14.4 Å². The van der Waals surface area contributed by atoms with Gasteiger partial charge in [-0.2, -0.15) is 5.01 Å². The quantitative estimate of drug-likeness (QED) is 0.702. The molecule has 1 aromatic rings. The summed E-state index contributed by atoms with van der Waals surface area (Å²) < 4.78 is 11.5. The van der Waals surface area contributed by atoms with Gasteiger partial charge in [0, 0.05) is 6.54 Å². The highest BCUT2D eigenvalue weighted by Crippen LogP contribution is 2.30. The Labute approximate surface area is 157 Å². The maximum absolute atomic E-state index is 12.3. The summed E-state index contributed by atoms with van der Waals surface area (Å²) in [6, 6.07) is 6.78. The number of benzene rings is 1. The zero-order valence-electron chi connectivity index (χ0n) is 15.7. The molecule has 2 atom stereocenters. The number of carbonyl (C=O) groups excluding carboxylic acids is 3. The van der Waals surface area contributed by atoms with Gasteiger partial charge in [-0.25, -0.2) is 4.79 Å². The molecule has 1 aromatic carbocycles. The predicted octanol–water partition coefficient (Wildman–Crippen LogP) is 0.510. The van der Waals surface area contributed by atoms with E-state index in [0.717, 1.165) is 5.01 Å². The van der Waals surface area contributed by atoms with Crippen molar-refractivity contribution in [3.05, 3.63) is 24.3 Å². The molecule has 27 heavy (non-hydrogen) atoms. The molecule has 2 N–H and O–H groups in total. The molecule has 2 unspecified atom stereocenters. The zero-order valence-corrected chi connectivity index (χ0v) is 15.7. The molecule has 1 fully saturated rings. The van der Waals surface area contributed by atoms with Crippen molar-refractivity contribution >= 4 is 17.8 Å². The molecule has 0 saturated carbocycles. The van der Waals surface area contributed by atoms with E-state index in [1.165, 1.54) is 0 Å². The summed E-state index contributed by atoms with van der Waals surface area (Å²) in [5.74, 6) is 0.446. The second-order valence-electron chi connectivity index (χ2n) is 6.99. The van der Waals surface area contributed by atoms with Crippen molar-refractivity contribution in [2.24, 2.45) is 0 Å². The number of fused-ring (bicyclic) bond motifs is 1. The highest BCUT2D eigenvalue weighted by molar-refractivity contribution is 6.07. The van der Waals surface area contributed by atoms with Crippen molar-refractivity contribution < 1.29 is 23.9 Å². The zero-order chi connectivity index (χ0) is 19.6. The number of rotatable bonds is 6. The van der Waals surface area contributed by atoms with Crippen LogP contribution < -0.4 is 20.2 Å². The normalized spacial score (nSPS) is 24.1. The van der Waals surface area contributed by atoms with E-state index in [0.29, 0.717) is 31.1 Å². The van der Waals surface area contributed by atoms with Crippen molar-refractivity contribution in [2.75, 3.05) is 26.7 Å². The number of carbonyl (C=O) groups is 3. The minimum atomic E-state index is -0.989. The summed E-state index contributed by atoms with van der Waals surface area (Å²) in [6.45, 7) is 4.26. The van der Waals surface area contributed by atoms with Gasteiger partial charge in [-0.1, -0.05) is 19.1 Å². The first kappa shape index (κ1) is 19.0. The van der Waals surface area contributed by atoms with Crippen LogP contribution in [0.4, 0.5) is 4.79 Å². The number of hydrogen-bond acceptors (Lipinski definition) is 6. The molecule has 3 rings (SSSR count). The summed E-state index contributed by atoms with van der Waals surface area (Å²) >= 11 is 0. The molecular weight excluding hydrogens is 352 g/mol. The summed E-state index contributed by atoms with van der Waals surface area (Å²) in [5, 5.41) is 3.33. The van der Waals surface area contributed by atoms with Gasteiger partial charge in [-0.15, -0.1) is 0 Å². The van der Waals surface area contributed by atoms with Crippen LogP contribution in [0.15, 0.2) is 24.3 Å². The van der Waals surface area contributed by atoms with Crippen LogP contribution in [-0.4, -0.2) is 66.1 Å². The van der Waals surface area contributed by atoms with Crippen molar-refractivity contribution in [2.45, 2.75) is 31.9 Å². The van der Waals surface area contributed by atoms with E-state index in [2.05, 4.69) is 10.7 Å². The van der Waals surface area contributed by atoms with Gasteiger partial charge in [0.15, 0.2) is 11.5 Å². The molecular formula is C18H24N4O5. The highest BCUT2D eigenvalue weighted by atomic mass is 16.6. The molecule has 2 aliphatic rings. The third-order valence-electron chi connectivity index (χ3n) is 4.70. The van der Waals surface area contributed by atoms with Gasteiger partial charge in [0.25, 0.3) is 11.8 Å². The molecule has 4 amide bonds. The molecule has 9 heteroatoms. The van der Waals surface area contributed by atoms with Gasteiger partial charge >= 0.3 is 6.03 Å². The van der Waals surface area contributed by atoms with E-state index in [1.807, 2.05) is 24.3 Å². The Balaban J connectivity index is 1.50. The third-order valence-corrected chi connectivity index (χ3v) is 4.70. The molecule has 0 aromatic heterocycles. The van der Waals surface area contributed by atoms with Crippen LogP contribution in [0, 0.1) is 0 Å². The van der Waals surface area contributed by atoms with Crippen molar-refractivity contribution in [3.8, 4) is 11.5 Å². The van der Waals surface area contributed by atoms with E-state index < -0.39 is 23.4 Å². The standard InChI is InChI=1S/C18H24N4O5/c1-4-18(2)16(24)22(17(25)19-18)20-15(23)10-21(3)9-12-11-26-13-7-5-6-8-14(13)27-12/h5-8,12H,4,9-11H2,1-3H3,(H,19,25)(H,20,23). The number of para-hydroxylation sites is 2. The Bertz CT molecular complexity index is 755. The van der Waals surface area contributed by atoms with Crippen molar-refractivity contribution in [3.63, 3.8) is 0 Å². The SMILES string of the molecule is CCC1(C)NC(=O)N(NC(=O)CN(C)CC2COc3ccccc3O2)C1=O. The monoisotopic (exact) mass is 376 g/mol. The van der Waals surface area contributed by atoms with Gasteiger partial charge < -0.3 is 14.8 Å². The lowest BCUT2D eigenvalue weighted by Gasteiger charge is -2.29. The topological polar surface area (TPSA) is 100 Å². The molecule has 0 aliphatic carbocycles. The second kappa shape index (κ2) is 7.43. The Morgan fingerprint density at radius 3 is 2.74 bits per heavy atom. The molecule has 0 bridgehead atoms. The Hall–Kier alpha value is -2.81. The van der Waals surface area contributed by atoms with Gasteiger partial charge in [-0.3, -0.25) is 19.9 Å². The van der Waals surface area contributed by atoms with Crippen LogP contribution in [0.25, 0.3) is 0 Å². The average molecular weight is 376 g/mol. The van der Waals surface area contributed by atoms with Crippen LogP contribution in [0.3, 0.4) is 0 Å². The minimum Gasteiger partial charge on any atom is -0.486 e. The van der Waals surface area contributed by atoms with E-state index >= 15 is 0 Å². The Morgan fingerprint density at radius 1 is 1.37 bits per heavy atom. The van der Waals surface area contributed by atoms with Crippen LogP contribution in [0.1, 0.15) is 20.3 Å². The van der Waals surface area contributed by atoms with Crippen LogP contribution in [-0.2, 0) is 9.59 Å². The number of nitrogens with zero attached hydrogens (tertiary/aromatic N) is 2. The number of hydrazine groups is 1. The summed E-state index contributed by atoms with van der Waals surface area (Å²) in [5.41, 5.74) is 1.38. The van der Waals surface area contributed by atoms with Gasteiger partial charge in [0.2, 0.25) is 0 Å². The van der Waals surface area contributed by atoms with Crippen LogP contribution in [0.2, 0.25) is 0 Å². The fourth-order valence-electron chi connectivity index (χ4n) is 3.00. The number of imide groups is 1. The lowest BCUT2D eigenvalue weighted by Crippen LogP contribution is -2.51. The number of urea groups is 1. The predicted molar refractivity (Wildman–Crippen MR) is 96.1 cm³/mol. The van der Waals surface area contributed by atoms with Gasteiger partial charge in [0.05, 0.1) is 6.54 Å². The van der Waals surface area contributed by atoms with E-state index in [-0.39, 0.29) is 12.6 Å². The lowest BCUT2D eigenvalue weighted by atomic mass is 10.00. The fourth-order valence-corrected chi connectivity index (χ4v) is 3.00. The number of amides is 4.